The smallest absolute Gasteiger partial charge is 0.203 e. The molecule has 0 amide bonds. The highest BCUT2D eigenvalue weighted by atomic mass is 16.3. The number of aromatic hydroxyl groups is 1. The van der Waals surface area contributed by atoms with Crippen LogP contribution in [0.25, 0.3) is 5.65 Å². The molecule has 0 aromatic carbocycles. The van der Waals surface area contributed by atoms with Gasteiger partial charge in [0.1, 0.15) is 5.82 Å². The summed E-state index contributed by atoms with van der Waals surface area (Å²) in [5.41, 5.74) is 0.551. The van der Waals surface area contributed by atoms with Crippen LogP contribution in [-0.2, 0) is 0 Å². The van der Waals surface area contributed by atoms with Crippen molar-refractivity contribution < 1.29 is 5.11 Å². The average Bonchev–Trinajstić information content (AvgIpc) is 2.94. The fourth-order valence-corrected chi connectivity index (χ4v) is 2.67. The average molecular weight is 246 g/mol. The highest BCUT2D eigenvalue weighted by molar-refractivity contribution is 5.52. The number of nitrogens with zero attached hydrogens (tertiary/aromatic N) is 4. The lowest BCUT2D eigenvalue weighted by Gasteiger charge is -2.19. The largest absolute Gasteiger partial charge is 0.504 e. The molecule has 5 heteroatoms. The highest BCUT2D eigenvalue weighted by Gasteiger charge is 2.28. The van der Waals surface area contributed by atoms with Gasteiger partial charge in [-0.05, 0) is 38.9 Å². The van der Waals surface area contributed by atoms with E-state index in [2.05, 4.69) is 28.9 Å². The SMILES string of the molecule is CC(C)N1CCC(c2nnc3c(O)cccn23)C1. The van der Waals surface area contributed by atoms with Gasteiger partial charge in [-0.1, -0.05) is 0 Å². The third-order valence-electron chi connectivity index (χ3n) is 3.76. The molecule has 1 unspecified atom stereocenters. The molecule has 2 aromatic heterocycles. The Balaban J connectivity index is 1.94. The van der Waals surface area contributed by atoms with Gasteiger partial charge in [-0.3, -0.25) is 4.40 Å². The Kier molecular flexibility index (Phi) is 2.70. The number of fused-ring (bicyclic) bond motifs is 1. The first-order valence-electron chi connectivity index (χ1n) is 6.43. The summed E-state index contributed by atoms with van der Waals surface area (Å²) in [4.78, 5) is 2.45. The molecule has 1 aliphatic rings. The molecule has 2 aromatic rings. The summed E-state index contributed by atoms with van der Waals surface area (Å²) in [5, 5.41) is 18.1. The summed E-state index contributed by atoms with van der Waals surface area (Å²) < 4.78 is 1.91. The second-order valence-electron chi connectivity index (χ2n) is 5.22. The summed E-state index contributed by atoms with van der Waals surface area (Å²) in [5.74, 6) is 1.56. The van der Waals surface area contributed by atoms with Crippen LogP contribution in [0, 0.1) is 0 Å². The molecule has 1 atom stereocenters. The molecule has 0 aliphatic carbocycles. The molecule has 18 heavy (non-hydrogen) atoms. The summed E-state index contributed by atoms with van der Waals surface area (Å²) >= 11 is 0. The molecule has 0 bridgehead atoms. The minimum absolute atomic E-state index is 0.190. The van der Waals surface area contributed by atoms with E-state index in [-0.39, 0.29) is 5.75 Å². The van der Waals surface area contributed by atoms with Crippen molar-refractivity contribution in [1.29, 1.82) is 0 Å². The fraction of sp³-hybridized carbons (Fsp3) is 0.538. The quantitative estimate of drug-likeness (QED) is 0.875. The van der Waals surface area contributed by atoms with E-state index >= 15 is 0 Å². The van der Waals surface area contributed by atoms with Gasteiger partial charge in [0.2, 0.25) is 5.65 Å². The zero-order valence-corrected chi connectivity index (χ0v) is 10.7. The van der Waals surface area contributed by atoms with Gasteiger partial charge in [0.25, 0.3) is 0 Å². The fourth-order valence-electron chi connectivity index (χ4n) is 2.67. The number of aromatic nitrogens is 3. The molecule has 1 N–H and O–H groups in total. The molecule has 0 spiro atoms. The van der Waals surface area contributed by atoms with Crippen molar-refractivity contribution in [2.24, 2.45) is 0 Å². The maximum Gasteiger partial charge on any atom is 0.203 e. The van der Waals surface area contributed by atoms with E-state index in [1.807, 2.05) is 16.7 Å². The minimum Gasteiger partial charge on any atom is -0.504 e. The van der Waals surface area contributed by atoms with Crippen molar-refractivity contribution in [2.75, 3.05) is 13.1 Å². The highest BCUT2D eigenvalue weighted by Crippen LogP contribution is 2.28. The van der Waals surface area contributed by atoms with E-state index in [0.29, 0.717) is 17.6 Å². The maximum absolute atomic E-state index is 9.73. The molecule has 3 rings (SSSR count). The van der Waals surface area contributed by atoms with Crippen molar-refractivity contribution in [1.82, 2.24) is 19.5 Å². The standard InChI is InChI=1S/C13H18N4O/c1-9(2)16-7-5-10(8-16)12-14-15-13-11(18)4-3-6-17(12)13/h3-4,6,9-10,18H,5,7-8H2,1-2H3. The predicted octanol–water partition coefficient (Wildman–Crippen LogP) is 1.63. The Hall–Kier alpha value is -1.62. The van der Waals surface area contributed by atoms with Gasteiger partial charge in [0.15, 0.2) is 5.75 Å². The summed E-state index contributed by atoms with van der Waals surface area (Å²) in [6.45, 7) is 6.57. The number of hydrogen-bond donors (Lipinski definition) is 1. The van der Waals surface area contributed by atoms with Gasteiger partial charge in [-0.15, -0.1) is 10.2 Å². The molecule has 1 aliphatic heterocycles. The van der Waals surface area contributed by atoms with Crippen LogP contribution in [-0.4, -0.2) is 43.7 Å². The summed E-state index contributed by atoms with van der Waals surface area (Å²) in [7, 11) is 0. The van der Waals surface area contributed by atoms with Crippen LogP contribution in [0.15, 0.2) is 18.3 Å². The van der Waals surface area contributed by atoms with E-state index < -0.39 is 0 Å². The Morgan fingerprint density at radius 2 is 2.22 bits per heavy atom. The van der Waals surface area contributed by atoms with Gasteiger partial charge in [-0.25, -0.2) is 0 Å². The molecule has 0 saturated carbocycles. The Morgan fingerprint density at radius 1 is 1.39 bits per heavy atom. The molecule has 1 saturated heterocycles. The monoisotopic (exact) mass is 246 g/mol. The van der Waals surface area contributed by atoms with Crippen molar-refractivity contribution in [3.8, 4) is 5.75 Å². The van der Waals surface area contributed by atoms with Gasteiger partial charge < -0.3 is 10.0 Å². The van der Waals surface area contributed by atoms with E-state index in [4.69, 9.17) is 0 Å². The van der Waals surface area contributed by atoms with Crippen LogP contribution < -0.4 is 0 Å². The lowest BCUT2D eigenvalue weighted by molar-refractivity contribution is 0.271. The zero-order valence-electron chi connectivity index (χ0n) is 10.7. The number of rotatable bonds is 2. The molecule has 3 heterocycles. The number of pyridine rings is 1. The van der Waals surface area contributed by atoms with Crippen molar-refractivity contribution >= 4 is 5.65 Å². The number of hydrogen-bond acceptors (Lipinski definition) is 4. The van der Waals surface area contributed by atoms with Crippen molar-refractivity contribution in [3.63, 3.8) is 0 Å². The molecule has 96 valence electrons. The topological polar surface area (TPSA) is 53.7 Å². The minimum atomic E-state index is 0.190. The van der Waals surface area contributed by atoms with Crippen molar-refractivity contribution in [2.45, 2.75) is 32.2 Å². The first-order chi connectivity index (χ1) is 8.66. The summed E-state index contributed by atoms with van der Waals surface area (Å²) in [6, 6.07) is 4.04. The zero-order chi connectivity index (χ0) is 12.7. The molecular weight excluding hydrogens is 228 g/mol. The van der Waals surface area contributed by atoms with Gasteiger partial charge >= 0.3 is 0 Å². The molecular formula is C13H18N4O. The van der Waals surface area contributed by atoms with Gasteiger partial charge in [0, 0.05) is 24.7 Å². The molecule has 0 radical (unpaired) electrons. The second kappa shape index (κ2) is 4.24. The van der Waals surface area contributed by atoms with Crippen LogP contribution in [0.3, 0.4) is 0 Å². The van der Waals surface area contributed by atoms with Crippen LogP contribution in [0.2, 0.25) is 0 Å². The van der Waals surface area contributed by atoms with Crippen LogP contribution in [0.4, 0.5) is 0 Å². The van der Waals surface area contributed by atoms with Crippen LogP contribution >= 0.6 is 0 Å². The van der Waals surface area contributed by atoms with E-state index in [1.54, 1.807) is 6.07 Å². The third-order valence-corrected chi connectivity index (χ3v) is 3.76. The maximum atomic E-state index is 9.73. The van der Waals surface area contributed by atoms with Crippen molar-refractivity contribution in [3.05, 3.63) is 24.2 Å². The predicted molar refractivity (Wildman–Crippen MR) is 68.7 cm³/mol. The lowest BCUT2D eigenvalue weighted by Crippen LogP contribution is -2.28. The lowest BCUT2D eigenvalue weighted by atomic mass is 10.1. The van der Waals surface area contributed by atoms with Crippen LogP contribution in [0.1, 0.15) is 32.0 Å². The van der Waals surface area contributed by atoms with E-state index in [0.717, 1.165) is 25.3 Å². The Labute approximate surface area is 106 Å². The summed E-state index contributed by atoms with van der Waals surface area (Å²) in [6.07, 6.45) is 3.02. The van der Waals surface area contributed by atoms with E-state index in [1.165, 1.54) is 0 Å². The normalized spacial score (nSPS) is 21.2. The molecule has 1 fully saturated rings. The first-order valence-corrected chi connectivity index (χ1v) is 6.43. The Morgan fingerprint density at radius 3 is 2.94 bits per heavy atom. The van der Waals surface area contributed by atoms with Gasteiger partial charge in [0.05, 0.1) is 0 Å². The number of likely N-dealkylation sites (tertiary alicyclic amines) is 1. The third kappa shape index (κ3) is 1.75. The second-order valence-corrected chi connectivity index (χ2v) is 5.22. The van der Waals surface area contributed by atoms with Crippen LogP contribution in [0.5, 0.6) is 5.75 Å². The Bertz CT molecular complexity index is 563. The first kappa shape index (κ1) is 11.5. The van der Waals surface area contributed by atoms with Gasteiger partial charge in [-0.2, -0.15) is 0 Å². The van der Waals surface area contributed by atoms with E-state index in [9.17, 15) is 5.11 Å². The molecule has 5 nitrogen and oxygen atoms in total.